The molecule has 0 aliphatic rings. The van der Waals surface area contributed by atoms with Gasteiger partial charge in [0.25, 0.3) is 0 Å². The first-order valence-corrected chi connectivity index (χ1v) is 12.5. The van der Waals surface area contributed by atoms with Crippen LogP contribution in [0.1, 0.15) is 133 Å². The van der Waals surface area contributed by atoms with E-state index in [4.69, 9.17) is 0 Å². The minimum Gasteiger partial charge on any atom is -0.508 e. The van der Waals surface area contributed by atoms with Crippen molar-refractivity contribution in [3.63, 3.8) is 0 Å². The van der Waals surface area contributed by atoms with Gasteiger partial charge in [0.2, 0.25) is 0 Å². The zero-order chi connectivity index (χ0) is 20.6. The lowest BCUT2D eigenvalue weighted by atomic mass is 9.85. The topological polar surface area (TPSA) is 20.2 Å². The maximum absolute atomic E-state index is 10.8. The van der Waals surface area contributed by atoms with Crippen LogP contribution < -0.4 is 0 Å². The number of hydrogen-bond donors (Lipinski definition) is 1. The lowest BCUT2D eigenvalue weighted by Crippen LogP contribution is -2.07. The van der Waals surface area contributed by atoms with Crippen molar-refractivity contribution in [1.29, 1.82) is 0 Å². The summed E-state index contributed by atoms with van der Waals surface area (Å²) in [6.45, 7) is 9.09. The van der Waals surface area contributed by atoms with Crippen molar-refractivity contribution in [3.05, 3.63) is 28.3 Å². The summed E-state index contributed by atoms with van der Waals surface area (Å²) in [6, 6.07) is 2.14. The number of aryl methyl sites for hydroxylation is 1. The number of rotatable bonds is 17. The van der Waals surface area contributed by atoms with E-state index in [1.807, 2.05) is 0 Å². The van der Waals surface area contributed by atoms with Gasteiger partial charge in [-0.25, -0.2) is 0 Å². The van der Waals surface area contributed by atoms with Crippen molar-refractivity contribution in [3.8, 4) is 5.75 Å². The molecule has 0 heterocycles. The molecule has 28 heavy (non-hydrogen) atoms. The minimum atomic E-state index is 0.579. The van der Waals surface area contributed by atoms with E-state index in [2.05, 4.69) is 33.8 Å². The van der Waals surface area contributed by atoms with Crippen LogP contribution >= 0.6 is 0 Å². The maximum atomic E-state index is 10.8. The van der Waals surface area contributed by atoms with E-state index in [9.17, 15) is 5.11 Å². The van der Waals surface area contributed by atoms with Crippen LogP contribution in [0, 0.1) is 0 Å². The lowest BCUT2D eigenvalue weighted by molar-refractivity contribution is 0.463. The predicted octanol–water partition coefficient (Wildman–Crippen LogP) is 8.71. The van der Waals surface area contributed by atoms with Gasteiger partial charge in [-0.1, -0.05) is 91.9 Å². The van der Waals surface area contributed by atoms with Crippen LogP contribution in [0.4, 0.5) is 0 Å². The van der Waals surface area contributed by atoms with Crippen LogP contribution in [0.2, 0.25) is 0 Å². The lowest BCUT2D eigenvalue weighted by Gasteiger charge is -2.21. The zero-order valence-electron chi connectivity index (χ0n) is 19.5. The van der Waals surface area contributed by atoms with Crippen LogP contribution in [0.25, 0.3) is 0 Å². The average molecular weight is 389 g/mol. The van der Waals surface area contributed by atoms with Crippen LogP contribution in [0.3, 0.4) is 0 Å². The Bertz CT molecular complexity index is 517. The molecule has 1 aromatic carbocycles. The molecule has 0 aliphatic carbocycles. The maximum Gasteiger partial charge on any atom is 0.119 e. The van der Waals surface area contributed by atoms with E-state index in [1.54, 1.807) is 5.56 Å². The van der Waals surface area contributed by atoms with Gasteiger partial charge >= 0.3 is 0 Å². The Kier molecular flexibility index (Phi) is 14.2. The summed E-state index contributed by atoms with van der Waals surface area (Å²) in [5.74, 6) is 0.579. The fourth-order valence-corrected chi connectivity index (χ4v) is 4.41. The molecule has 0 atom stereocenters. The summed E-state index contributed by atoms with van der Waals surface area (Å²) in [6.07, 6.45) is 21.3. The molecule has 0 amide bonds. The largest absolute Gasteiger partial charge is 0.508 e. The van der Waals surface area contributed by atoms with Crippen LogP contribution in [0.15, 0.2) is 6.07 Å². The fraction of sp³-hybridized carbons (Fsp3) is 0.778. The van der Waals surface area contributed by atoms with Gasteiger partial charge in [0.05, 0.1) is 0 Å². The number of phenolic OH excluding ortho intramolecular Hbond substituents is 1. The summed E-state index contributed by atoms with van der Waals surface area (Å²) >= 11 is 0. The van der Waals surface area contributed by atoms with E-state index in [0.29, 0.717) is 5.75 Å². The summed E-state index contributed by atoms with van der Waals surface area (Å²) in [7, 11) is 0. The van der Waals surface area contributed by atoms with Crippen molar-refractivity contribution >= 4 is 0 Å². The molecular weight excluding hydrogens is 340 g/mol. The quantitative estimate of drug-likeness (QED) is 0.264. The van der Waals surface area contributed by atoms with Crippen molar-refractivity contribution < 1.29 is 5.11 Å². The van der Waals surface area contributed by atoms with Crippen molar-refractivity contribution in [2.45, 2.75) is 137 Å². The van der Waals surface area contributed by atoms with Crippen LogP contribution in [-0.2, 0) is 25.7 Å². The Morgan fingerprint density at radius 2 is 1.04 bits per heavy atom. The number of benzene rings is 1. The summed E-state index contributed by atoms with van der Waals surface area (Å²) in [5.41, 5.74) is 5.84. The first kappa shape index (κ1) is 25.1. The summed E-state index contributed by atoms with van der Waals surface area (Å²) < 4.78 is 0. The zero-order valence-corrected chi connectivity index (χ0v) is 19.5. The molecule has 0 fully saturated rings. The van der Waals surface area contributed by atoms with Crippen molar-refractivity contribution in [2.24, 2.45) is 0 Å². The monoisotopic (exact) mass is 388 g/mol. The van der Waals surface area contributed by atoms with Gasteiger partial charge in [-0.3, -0.25) is 0 Å². The molecule has 1 rings (SSSR count). The molecule has 0 saturated heterocycles. The second kappa shape index (κ2) is 15.9. The molecule has 1 nitrogen and oxygen atoms in total. The Morgan fingerprint density at radius 3 is 1.61 bits per heavy atom. The molecule has 0 aromatic heterocycles. The van der Waals surface area contributed by atoms with E-state index in [-0.39, 0.29) is 0 Å². The summed E-state index contributed by atoms with van der Waals surface area (Å²) in [5, 5.41) is 10.8. The van der Waals surface area contributed by atoms with Crippen LogP contribution in [-0.4, -0.2) is 5.11 Å². The second-order valence-corrected chi connectivity index (χ2v) is 8.67. The van der Waals surface area contributed by atoms with E-state index in [1.165, 1.54) is 107 Å². The number of aromatic hydroxyl groups is 1. The molecule has 0 unspecified atom stereocenters. The molecular formula is C27H48O. The first-order chi connectivity index (χ1) is 13.7. The Labute approximate surface area is 176 Å². The minimum absolute atomic E-state index is 0.579. The summed E-state index contributed by atoms with van der Waals surface area (Å²) in [4.78, 5) is 0. The molecule has 1 N–H and O–H groups in total. The third-order valence-corrected chi connectivity index (χ3v) is 6.10. The van der Waals surface area contributed by atoms with Crippen molar-refractivity contribution in [2.75, 3.05) is 0 Å². The van der Waals surface area contributed by atoms with Crippen molar-refractivity contribution in [1.82, 2.24) is 0 Å². The molecule has 0 radical (unpaired) electrons. The third kappa shape index (κ3) is 9.01. The first-order valence-electron chi connectivity index (χ1n) is 12.5. The van der Waals surface area contributed by atoms with Gasteiger partial charge < -0.3 is 5.11 Å². The highest BCUT2D eigenvalue weighted by molar-refractivity contribution is 5.49. The SMILES string of the molecule is CCCCCCCc1cc(O)c(CCCC)c(CCC)c1CCCCCCC. The molecule has 0 aliphatic heterocycles. The highest BCUT2D eigenvalue weighted by Gasteiger charge is 2.17. The van der Waals surface area contributed by atoms with E-state index < -0.39 is 0 Å². The van der Waals surface area contributed by atoms with Gasteiger partial charge in [0.1, 0.15) is 5.75 Å². The van der Waals surface area contributed by atoms with E-state index >= 15 is 0 Å². The second-order valence-electron chi connectivity index (χ2n) is 8.67. The van der Waals surface area contributed by atoms with E-state index in [0.717, 1.165) is 19.3 Å². The molecule has 1 aromatic rings. The number of unbranched alkanes of at least 4 members (excludes halogenated alkanes) is 9. The predicted molar refractivity (Wildman–Crippen MR) is 126 cm³/mol. The molecule has 0 saturated carbocycles. The van der Waals surface area contributed by atoms with Gasteiger partial charge in [0.15, 0.2) is 0 Å². The average Bonchev–Trinajstić information content (AvgIpc) is 2.69. The highest BCUT2D eigenvalue weighted by atomic mass is 16.3. The normalized spacial score (nSPS) is 11.3. The molecule has 0 bridgehead atoms. The Morgan fingerprint density at radius 1 is 0.500 bits per heavy atom. The smallest absolute Gasteiger partial charge is 0.119 e. The number of hydrogen-bond acceptors (Lipinski definition) is 1. The molecule has 1 heteroatoms. The van der Waals surface area contributed by atoms with Gasteiger partial charge in [-0.15, -0.1) is 0 Å². The highest BCUT2D eigenvalue weighted by Crippen LogP contribution is 2.33. The third-order valence-electron chi connectivity index (χ3n) is 6.10. The standard InChI is InChI=1S/C27H48O/c1-5-9-12-14-16-19-23-22-27(28)26(20-11-7-3)25(18-8-4)24(23)21-17-15-13-10-6-2/h22,28H,5-21H2,1-4H3. The van der Waals surface area contributed by atoms with Crippen LogP contribution in [0.5, 0.6) is 5.75 Å². The number of phenols is 1. The molecule has 162 valence electrons. The van der Waals surface area contributed by atoms with Gasteiger partial charge in [0, 0.05) is 0 Å². The fourth-order valence-electron chi connectivity index (χ4n) is 4.41. The van der Waals surface area contributed by atoms with Gasteiger partial charge in [-0.2, -0.15) is 0 Å². The molecule has 0 spiro atoms. The Hall–Kier alpha value is -0.980. The Balaban J connectivity index is 3.01. The van der Waals surface area contributed by atoms with Gasteiger partial charge in [-0.05, 0) is 73.3 Å².